The van der Waals surface area contributed by atoms with Crippen LogP contribution < -0.4 is 5.73 Å². The normalized spacial score (nSPS) is 18.4. The van der Waals surface area contributed by atoms with Crippen LogP contribution in [0.4, 0.5) is 0 Å². The van der Waals surface area contributed by atoms with Gasteiger partial charge in [0.2, 0.25) is 5.91 Å². The number of rotatable bonds is 2. The summed E-state index contributed by atoms with van der Waals surface area (Å²) in [6.07, 6.45) is 0. The maximum Gasteiger partial charge on any atom is 0.229 e. The second-order valence-electron chi connectivity index (χ2n) is 4.14. The van der Waals surface area contributed by atoms with Crippen molar-refractivity contribution in [2.45, 2.75) is 18.9 Å². The van der Waals surface area contributed by atoms with Gasteiger partial charge in [0.25, 0.3) is 0 Å². The highest BCUT2D eigenvalue weighted by atomic mass is 16.2. The number of benzene rings is 1. The third-order valence-electron chi connectivity index (χ3n) is 2.89. The SMILES string of the molecule is C[C@H](C(=O)N1CC(N)C1)c1ccccc1. The van der Waals surface area contributed by atoms with E-state index in [4.69, 9.17) is 5.73 Å². The zero-order valence-corrected chi connectivity index (χ0v) is 8.89. The largest absolute Gasteiger partial charge is 0.339 e. The predicted octanol–water partition coefficient (Wildman–Crippen LogP) is 0.960. The molecule has 0 radical (unpaired) electrons. The zero-order chi connectivity index (χ0) is 10.8. The van der Waals surface area contributed by atoms with E-state index in [1.807, 2.05) is 42.2 Å². The van der Waals surface area contributed by atoms with Crippen LogP contribution in [0, 0.1) is 0 Å². The number of carbonyl (C=O) groups is 1. The molecule has 3 heteroatoms. The van der Waals surface area contributed by atoms with Crippen molar-refractivity contribution in [1.82, 2.24) is 4.90 Å². The van der Waals surface area contributed by atoms with Crippen LogP contribution in [0.1, 0.15) is 18.4 Å². The lowest BCUT2D eigenvalue weighted by Crippen LogP contribution is -2.58. The molecule has 2 rings (SSSR count). The highest BCUT2D eigenvalue weighted by molar-refractivity contribution is 5.84. The smallest absolute Gasteiger partial charge is 0.229 e. The molecule has 1 atom stereocenters. The Morgan fingerprint density at radius 1 is 1.40 bits per heavy atom. The Labute approximate surface area is 89.9 Å². The Morgan fingerprint density at radius 2 is 2.00 bits per heavy atom. The number of hydrogen-bond acceptors (Lipinski definition) is 2. The quantitative estimate of drug-likeness (QED) is 0.780. The molecule has 0 aromatic heterocycles. The molecule has 80 valence electrons. The van der Waals surface area contributed by atoms with Gasteiger partial charge in [-0.2, -0.15) is 0 Å². The van der Waals surface area contributed by atoms with E-state index >= 15 is 0 Å². The summed E-state index contributed by atoms with van der Waals surface area (Å²) in [4.78, 5) is 13.8. The molecule has 0 bridgehead atoms. The summed E-state index contributed by atoms with van der Waals surface area (Å²) in [5, 5.41) is 0. The minimum atomic E-state index is -0.0568. The third kappa shape index (κ3) is 2.02. The molecule has 1 fully saturated rings. The van der Waals surface area contributed by atoms with E-state index in [0.29, 0.717) is 13.1 Å². The number of amides is 1. The van der Waals surface area contributed by atoms with Crippen molar-refractivity contribution in [3.8, 4) is 0 Å². The first-order chi connectivity index (χ1) is 7.18. The molecule has 15 heavy (non-hydrogen) atoms. The van der Waals surface area contributed by atoms with Gasteiger partial charge < -0.3 is 10.6 Å². The fraction of sp³-hybridized carbons (Fsp3) is 0.417. The van der Waals surface area contributed by atoms with Gasteiger partial charge in [-0.1, -0.05) is 30.3 Å². The minimum absolute atomic E-state index is 0.0568. The summed E-state index contributed by atoms with van der Waals surface area (Å²) >= 11 is 0. The number of nitrogens with two attached hydrogens (primary N) is 1. The van der Waals surface area contributed by atoms with Gasteiger partial charge in [0.1, 0.15) is 0 Å². The lowest BCUT2D eigenvalue weighted by Gasteiger charge is -2.38. The minimum Gasteiger partial charge on any atom is -0.339 e. The van der Waals surface area contributed by atoms with Crippen molar-refractivity contribution < 1.29 is 4.79 Å². The molecule has 0 unspecified atom stereocenters. The van der Waals surface area contributed by atoms with E-state index < -0.39 is 0 Å². The molecule has 1 aliphatic rings. The first-order valence-electron chi connectivity index (χ1n) is 5.28. The van der Waals surface area contributed by atoms with E-state index in [1.54, 1.807) is 0 Å². The van der Waals surface area contributed by atoms with Crippen LogP contribution in [0.15, 0.2) is 30.3 Å². The molecule has 1 aromatic carbocycles. The topological polar surface area (TPSA) is 46.3 Å². The Kier molecular flexibility index (Phi) is 2.73. The van der Waals surface area contributed by atoms with Gasteiger partial charge in [-0.05, 0) is 12.5 Å². The van der Waals surface area contributed by atoms with Crippen molar-refractivity contribution in [3.05, 3.63) is 35.9 Å². The highest BCUT2D eigenvalue weighted by Crippen LogP contribution is 2.20. The van der Waals surface area contributed by atoms with Crippen molar-refractivity contribution in [1.29, 1.82) is 0 Å². The lowest BCUT2D eigenvalue weighted by atomic mass is 9.97. The van der Waals surface area contributed by atoms with Gasteiger partial charge in [0.05, 0.1) is 5.92 Å². The van der Waals surface area contributed by atoms with Crippen LogP contribution in [0.5, 0.6) is 0 Å². The number of carbonyl (C=O) groups excluding carboxylic acids is 1. The summed E-state index contributed by atoms with van der Waals surface area (Å²) in [7, 11) is 0. The molecule has 1 heterocycles. The number of likely N-dealkylation sites (tertiary alicyclic amines) is 1. The first kappa shape index (κ1) is 10.2. The maximum atomic E-state index is 11.9. The van der Waals surface area contributed by atoms with Gasteiger partial charge >= 0.3 is 0 Å². The van der Waals surface area contributed by atoms with E-state index in [1.165, 1.54) is 0 Å². The second-order valence-corrected chi connectivity index (χ2v) is 4.14. The molecule has 0 spiro atoms. The Hall–Kier alpha value is -1.35. The first-order valence-corrected chi connectivity index (χ1v) is 5.28. The van der Waals surface area contributed by atoms with Crippen LogP contribution in [0.2, 0.25) is 0 Å². The van der Waals surface area contributed by atoms with Crippen molar-refractivity contribution in [2.75, 3.05) is 13.1 Å². The zero-order valence-electron chi connectivity index (χ0n) is 8.89. The van der Waals surface area contributed by atoms with Gasteiger partial charge in [0.15, 0.2) is 0 Å². The Balaban J connectivity index is 2.02. The monoisotopic (exact) mass is 204 g/mol. The molecule has 1 saturated heterocycles. The van der Waals surface area contributed by atoms with Gasteiger partial charge in [-0.25, -0.2) is 0 Å². The Bertz CT molecular complexity index is 344. The molecule has 3 nitrogen and oxygen atoms in total. The van der Waals surface area contributed by atoms with Crippen LogP contribution in [0.25, 0.3) is 0 Å². The van der Waals surface area contributed by atoms with E-state index in [-0.39, 0.29) is 17.9 Å². The van der Waals surface area contributed by atoms with E-state index in [2.05, 4.69) is 0 Å². The molecule has 0 saturated carbocycles. The number of hydrogen-bond donors (Lipinski definition) is 1. The van der Waals surface area contributed by atoms with Crippen LogP contribution in [-0.2, 0) is 4.79 Å². The van der Waals surface area contributed by atoms with Gasteiger partial charge in [-0.15, -0.1) is 0 Å². The second kappa shape index (κ2) is 4.03. The molecule has 2 N–H and O–H groups in total. The molecular weight excluding hydrogens is 188 g/mol. The molecular formula is C12H16N2O. The molecule has 1 aromatic rings. The van der Waals surface area contributed by atoms with Crippen molar-refractivity contribution in [3.63, 3.8) is 0 Å². The predicted molar refractivity (Wildman–Crippen MR) is 59.4 cm³/mol. The van der Waals surface area contributed by atoms with Crippen LogP contribution in [0.3, 0.4) is 0 Å². The van der Waals surface area contributed by atoms with E-state index in [9.17, 15) is 4.79 Å². The molecule has 1 amide bonds. The van der Waals surface area contributed by atoms with E-state index in [0.717, 1.165) is 5.56 Å². The fourth-order valence-corrected chi connectivity index (χ4v) is 1.85. The lowest BCUT2D eigenvalue weighted by molar-refractivity contribution is -0.136. The van der Waals surface area contributed by atoms with Crippen LogP contribution >= 0.6 is 0 Å². The summed E-state index contributed by atoms with van der Waals surface area (Å²) < 4.78 is 0. The Morgan fingerprint density at radius 3 is 2.53 bits per heavy atom. The third-order valence-corrected chi connectivity index (χ3v) is 2.89. The number of nitrogens with zero attached hydrogens (tertiary/aromatic N) is 1. The van der Waals surface area contributed by atoms with Gasteiger partial charge in [-0.3, -0.25) is 4.79 Å². The highest BCUT2D eigenvalue weighted by Gasteiger charge is 2.30. The average molecular weight is 204 g/mol. The summed E-state index contributed by atoms with van der Waals surface area (Å²) in [5.74, 6) is 0.126. The van der Waals surface area contributed by atoms with Crippen molar-refractivity contribution >= 4 is 5.91 Å². The molecule has 1 aliphatic heterocycles. The molecule has 0 aliphatic carbocycles. The van der Waals surface area contributed by atoms with Crippen molar-refractivity contribution in [2.24, 2.45) is 5.73 Å². The standard InChI is InChI=1S/C12H16N2O/c1-9(10-5-3-2-4-6-10)12(15)14-7-11(13)8-14/h2-6,9,11H,7-8,13H2,1H3/t9-/m0/s1. The maximum absolute atomic E-state index is 11.9. The van der Waals surface area contributed by atoms with Gasteiger partial charge in [0, 0.05) is 19.1 Å². The summed E-state index contributed by atoms with van der Waals surface area (Å²) in [5.41, 5.74) is 6.72. The average Bonchev–Trinajstić information content (AvgIpc) is 2.24. The summed E-state index contributed by atoms with van der Waals surface area (Å²) in [6.45, 7) is 3.35. The fourth-order valence-electron chi connectivity index (χ4n) is 1.85. The van der Waals surface area contributed by atoms with Crippen LogP contribution in [-0.4, -0.2) is 29.9 Å². The summed E-state index contributed by atoms with van der Waals surface area (Å²) in [6, 6.07) is 10.0.